The molecule has 21 heavy (non-hydrogen) atoms. The zero-order chi connectivity index (χ0) is 14.7. The first-order valence-electron chi connectivity index (χ1n) is 6.83. The maximum Gasteiger partial charge on any atom is 0.157 e. The van der Waals surface area contributed by atoms with Gasteiger partial charge in [0.1, 0.15) is 11.5 Å². The van der Waals surface area contributed by atoms with Crippen molar-refractivity contribution in [2.24, 2.45) is 0 Å². The van der Waals surface area contributed by atoms with E-state index in [0.29, 0.717) is 13.0 Å². The molecule has 106 valence electrons. The SMILES string of the molecule is COc1cccc(NC2(C#N)CCOc3ccccc32)c1. The molecule has 0 aliphatic carbocycles. The molecule has 1 N–H and O–H groups in total. The quantitative estimate of drug-likeness (QED) is 0.937. The summed E-state index contributed by atoms with van der Waals surface area (Å²) in [5.74, 6) is 1.52. The van der Waals surface area contributed by atoms with Crippen molar-refractivity contribution in [1.29, 1.82) is 5.26 Å². The third kappa shape index (κ3) is 2.38. The summed E-state index contributed by atoms with van der Waals surface area (Å²) in [6, 6.07) is 17.7. The van der Waals surface area contributed by atoms with Crippen LogP contribution in [0.1, 0.15) is 12.0 Å². The number of anilines is 1. The molecular weight excluding hydrogens is 264 g/mol. The van der Waals surface area contributed by atoms with Gasteiger partial charge in [0.25, 0.3) is 0 Å². The number of nitriles is 1. The maximum atomic E-state index is 9.78. The van der Waals surface area contributed by atoms with Crippen molar-refractivity contribution < 1.29 is 9.47 Å². The van der Waals surface area contributed by atoms with E-state index in [-0.39, 0.29) is 0 Å². The molecule has 1 aliphatic heterocycles. The van der Waals surface area contributed by atoms with E-state index >= 15 is 0 Å². The lowest BCUT2D eigenvalue weighted by atomic mass is 9.85. The van der Waals surface area contributed by atoms with E-state index in [0.717, 1.165) is 22.7 Å². The van der Waals surface area contributed by atoms with Gasteiger partial charge < -0.3 is 14.8 Å². The summed E-state index contributed by atoms with van der Waals surface area (Å²) in [6.45, 7) is 0.515. The van der Waals surface area contributed by atoms with Crippen LogP contribution in [0.4, 0.5) is 5.69 Å². The number of para-hydroxylation sites is 1. The van der Waals surface area contributed by atoms with Crippen LogP contribution in [0.2, 0.25) is 0 Å². The fraction of sp³-hybridized carbons (Fsp3) is 0.235. The van der Waals surface area contributed by atoms with Crippen molar-refractivity contribution in [3.05, 3.63) is 54.1 Å². The van der Waals surface area contributed by atoms with Crippen LogP contribution in [-0.4, -0.2) is 13.7 Å². The highest BCUT2D eigenvalue weighted by atomic mass is 16.5. The summed E-state index contributed by atoms with van der Waals surface area (Å²) in [4.78, 5) is 0. The first-order chi connectivity index (χ1) is 10.3. The second-order valence-corrected chi connectivity index (χ2v) is 4.97. The molecule has 0 fully saturated rings. The molecule has 4 nitrogen and oxygen atoms in total. The van der Waals surface area contributed by atoms with Gasteiger partial charge in [-0.1, -0.05) is 24.3 Å². The van der Waals surface area contributed by atoms with Gasteiger partial charge in [-0.2, -0.15) is 5.26 Å². The van der Waals surface area contributed by atoms with Gasteiger partial charge >= 0.3 is 0 Å². The minimum absolute atomic E-state index is 0.515. The lowest BCUT2D eigenvalue weighted by molar-refractivity contribution is 0.253. The first kappa shape index (κ1) is 13.3. The normalized spacial score (nSPS) is 19.8. The Morgan fingerprint density at radius 2 is 2.10 bits per heavy atom. The first-order valence-corrected chi connectivity index (χ1v) is 6.83. The predicted molar refractivity (Wildman–Crippen MR) is 80.5 cm³/mol. The summed E-state index contributed by atoms with van der Waals surface area (Å²) in [7, 11) is 1.63. The van der Waals surface area contributed by atoms with Crippen LogP contribution in [-0.2, 0) is 5.54 Å². The highest BCUT2D eigenvalue weighted by Crippen LogP contribution is 2.39. The zero-order valence-electron chi connectivity index (χ0n) is 11.8. The maximum absolute atomic E-state index is 9.78. The molecule has 0 spiro atoms. The van der Waals surface area contributed by atoms with Crippen molar-refractivity contribution in [2.75, 3.05) is 19.0 Å². The Hall–Kier alpha value is -2.67. The Bertz CT molecular complexity index is 693. The highest BCUT2D eigenvalue weighted by Gasteiger charge is 2.38. The van der Waals surface area contributed by atoms with Gasteiger partial charge in [-0.25, -0.2) is 0 Å². The standard InChI is InChI=1S/C17H16N2O2/c1-20-14-6-4-5-13(11-14)19-17(12-18)9-10-21-16-8-3-2-7-15(16)17/h2-8,11,19H,9-10H2,1H3. The average Bonchev–Trinajstić information content (AvgIpc) is 2.55. The van der Waals surface area contributed by atoms with Crippen LogP contribution in [0, 0.1) is 11.3 Å². The minimum atomic E-state index is -0.777. The summed E-state index contributed by atoms with van der Waals surface area (Å²) < 4.78 is 10.9. The number of nitrogens with zero attached hydrogens (tertiary/aromatic N) is 1. The van der Waals surface area contributed by atoms with Crippen LogP contribution in [0.15, 0.2) is 48.5 Å². The van der Waals surface area contributed by atoms with Crippen LogP contribution in [0.3, 0.4) is 0 Å². The molecule has 0 bridgehead atoms. The molecule has 0 aromatic heterocycles. The average molecular weight is 280 g/mol. The molecule has 1 atom stereocenters. The number of fused-ring (bicyclic) bond motifs is 1. The van der Waals surface area contributed by atoms with E-state index in [1.807, 2.05) is 48.5 Å². The van der Waals surface area contributed by atoms with Crippen molar-refractivity contribution >= 4 is 5.69 Å². The van der Waals surface area contributed by atoms with Gasteiger partial charge in [-0.05, 0) is 18.2 Å². The van der Waals surface area contributed by atoms with Crippen molar-refractivity contribution in [2.45, 2.75) is 12.0 Å². The molecule has 1 unspecified atom stereocenters. The monoisotopic (exact) mass is 280 g/mol. The molecule has 4 heteroatoms. The molecule has 1 heterocycles. The number of benzene rings is 2. The number of hydrogen-bond acceptors (Lipinski definition) is 4. The second-order valence-electron chi connectivity index (χ2n) is 4.97. The lowest BCUT2D eigenvalue weighted by Crippen LogP contribution is -2.38. The Labute approximate surface area is 123 Å². The molecule has 0 saturated heterocycles. The summed E-state index contributed by atoms with van der Waals surface area (Å²) in [5, 5.41) is 13.1. The van der Waals surface area contributed by atoms with Gasteiger partial charge in [-0.3, -0.25) is 0 Å². The largest absolute Gasteiger partial charge is 0.497 e. The smallest absolute Gasteiger partial charge is 0.157 e. The van der Waals surface area contributed by atoms with Gasteiger partial charge in [0.2, 0.25) is 0 Å². The van der Waals surface area contributed by atoms with Gasteiger partial charge in [0.15, 0.2) is 5.54 Å². The predicted octanol–water partition coefficient (Wildman–Crippen LogP) is 3.31. The molecule has 2 aromatic carbocycles. The van der Waals surface area contributed by atoms with E-state index < -0.39 is 5.54 Å². The molecule has 3 rings (SSSR count). The van der Waals surface area contributed by atoms with Crippen LogP contribution < -0.4 is 14.8 Å². The third-order valence-corrected chi connectivity index (χ3v) is 3.70. The summed E-state index contributed by atoms with van der Waals surface area (Å²) >= 11 is 0. The Morgan fingerprint density at radius 1 is 1.24 bits per heavy atom. The zero-order valence-corrected chi connectivity index (χ0v) is 11.8. The number of ether oxygens (including phenoxy) is 2. The number of hydrogen-bond donors (Lipinski definition) is 1. The fourth-order valence-corrected chi connectivity index (χ4v) is 2.61. The Balaban J connectivity index is 2.01. The van der Waals surface area contributed by atoms with Gasteiger partial charge in [0.05, 0.1) is 19.8 Å². The Morgan fingerprint density at radius 3 is 2.90 bits per heavy atom. The van der Waals surface area contributed by atoms with E-state index in [4.69, 9.17) is 9.47 Å². The molecule has 2 aromatic rings. The van der Waals surface area contributed by atoms with Crippen LogP contribution >= 0.6 is 0 Å². The van der Waals surface area contributed by atoms with Crippen LogP contribution in [0.5, 0.6) is 11.5 Å². The van der Waals surface area contributed by atoms with E-state index in [2.05, 4.69) is 11.4 Å². The number of nitrogens with one attached hydrogen (secondary N) is 1. The second kappa shape index (κ2) is 5.37. The summed E-state index contributed by atoms with van der Waals surface area (Å²) in [6.07, 6.45) is 0.595. The van der Waals surface area contributed by atoms with E-state index in [1.54, 1.807) is 7.11 Å². The fourth-order valence-electron chi connectivity index (χ4n) is 2.61. The molecule has 0 amide bonds. The number of methoxy groups -OCH3 is 1. The molecule has 0 radical (unpaired) electrons. The van der Waals surface area contributed by atoms with Crippen molar-refractivity contribution in [3.63, 3.8) is 0 Å². The van der Waals surface area contributed by atoms with Gasteiger partial charge in [-0.15, -0.1) is 0 Å². The van der Waals surface area contributed by atoms with Gasteiger partial charge in [0, 0.05) is 23.7 Å². The van der Waals surface area contributed by atoms with E-state index in [1.165, 1.54) is 0 Å². The van der Waals surface area contributed by atoms with Crippen LogP contribution in [0.25, 0.3) is 0 Å². The topological polar surface area (TPSA) is 54.3 Å². The van der Waals surface area contributed by atoms with E-state index in [9.17, 15) is 5.26 Å². The Kier molecular flexibility index (Phi) is 3.41. The summed E-state index contributed by atoms with van der Waals surface area (Å²) in [5.41, 5.74) is 0.954. The minimum Gasteiger partial charge on any atom is -0.497 e. The molecular formula is C17H16N2O2. The van der Waals surface area contributed by atoms with Crippen molar-refractivity contribution in [1.82, 2.24) is 0 Å². The highest BCUT2D eigenvalue weighted by molar-refractivity contribution is 5.57. The lowest BCUT2D eigenvalue weighted by Gasteiger charge is -2.34. The molecule has 1 aliphatic rings. The molecule has 0 saturated carbocycles. The number of rotatable bonds is 3. The third-order valence-electron chi connectivity index (χ3n) is 3.70. The van der Waals surface area contributed by atoms with Crippen molar-refractivity contribution in [3.8, 4) is 17.6 Å².